The number of carbonyl (C=O) groups excluding carboxylic acids is 1. The summed E-state index contributed by atoms with van der Waals surface area (Å²) < 4.78 is 5.28. The molecule has 0 spiro atoms. The zero-order valence-corrected chi connectivity index (χ0v) is 8.51. The van der Waals surface area contributed by atoms with Gasteiger partial charge in [-0.15, -0.1) is 0 Å². The van der Waals surface area contributed by atoms with Crippen LogP contribution in [0.1, 0.15) is 26.7 Å². The van der Waals surface area contributed by atoms with Crippen molar-refractivity contribution >= 4 is 5.78 Å². The first kappa shape index (κ1) is 10.7. The van der Waals surface area contributed by atoms with Crippen LogP contribution in [0.15, 0.2) is 0 Å². The molecule has 3 nitrogen and oxygen atoms in total. The summed E-state index contributed by atoms with van der Waals surface area (Å²) in [5.41, 5.74) is 0. The first-order chi connectivity index (χ1) is 6.24. The SMILES string of the molecule is CCC(C)C(=O)CC1COCCN1. The molecule has 76 valence electrons. The van der Waals surface area contributed by atoms with Gasteiger partial charge in [0.15, 0.2) is 0 Å². The highest BCUT2D eigenvalue weighted by atomic mass is 16.5. The number of morpholine rings is 1. The van der Waals surface area contributed by atoms with Crippen molar-refractivity contribution in [3.63, 3.8) is 0 Å². The lowest BCUT2D eigenvalue weighted by molar-refractivity contribution is -0.123. The van der Waals surface area contributed by atoms with Crippen molar-refractivity contribution < 1.29 is 9.53 Å². The van der Waals surface area contributed by atoms with Gasteiger partial charge in [-0.25, -0.2) is 0 Å². The third-order valence-electron chi connectivity index (χ3n) is 2.61. The Hall–Kier alpha value is -0.410. The average Bonchev–Trinajstić information content (AvgIpc) is 2.18. The van der Waals surface area contributed by atoms with Crippen LogP contribution in [0, 0.1) is 5.92 Å². The first-order valence-corrected chi connectivity index (χ1v) is 5.08. The number of hydrogen-bond acceptors (Lipinski definition) is 3. The Bertz CT molecular complexity index is 164. The van der Waals surface area contributed by atoms with Crippen LogP contribution in [0.5, 0.6) is 0 Å². The number of carbonyl (C=O) groups is 1. The summed E-state index contributed by atoms with van der Waals surface area (Å²) in [7, 11) is 0. The number of hydrogen-bond donors (Lipinski definition) is 1. The monoisotopic (exact) mass is 185 g/mol. The van der Waals surface area contributed by atoms with Crippen LogP contribution >= 0.6 is 0 Å². The van der Waals surface area contributed by atoms with Gasteiger partial charge in [0.2, 0.25) is 0 Å². The highest BCUT2D eigenvalue weighted by molar-refractivity contribution is 5.81. The molecule has 0 aromatic heterocycles. The van der Waals surface area contributed by atoms with Crippen LogP contribution in [0.2, 0.25) is 0 Å². The van der Waals surface area contributed by atoms with E-state index in [1.165, 1.54) is 0 Å². The van der Waals surface area contributed by atoms with Gasteiger partial charge in [0.25, 0.3) is 0 Å². The van der Waals surface area contributed by atoms with E-state index >= 15 is 0 Å². The molecular formula is C10H19NO2. The highest BCUT2D eigenvalue weighted by Crippen LogP contribution is 2.08. The third-order valence-corrected chi connectivity index (χ3v) is 2.61. The molecule has 0 aromatic rings. The molecule has 2 atom stereocenters. The summed E-state index contributed by atoms with van der Waals surface area (Å²) >= 11 is 0. The van der Waals surface area contributed by atoms with E-state index in [0.717, 1.165) is 19.6 Å². The number of rotatable bonds is 4. The summed E-state index contributed by atoms with van der Waals surface area (Å²) in [4.78, 5) is 11.5. The molecule has 0 bridgehead atoms. The molecule has 0 saturated carbocycles. The van der Waals surface area contributed by atoms with Gasteiger partial charge in [-0.1, -0.05) is 13.8 Å². The van der Waals surface area contributed by atoms with Crippen LogP contribution in [0.25, 0.3) is 0 Å². The predicted molar refractivity (Wildman–Crippen MR) is 51.7 cm³/mol. The Morgan fingerprint density at radius 2 is 2.46 bits per heavy atom. The minimum Gasteiger partial charge on any atom is -0.379 e. The molecule has 1 aliphatic heterocycles. The van der Waals surface area contributed by atoms with E-state index in [9.17, 15) is 4.79 Å². The quantitative estimate of drug-likeness (QED) is 0.709. The van der Waals surface area contributed by atoms with Gasteiger partial charge in [0.05, 0.1) is 13.2 Å². The lowest BCUT2D eigenvalue weighted by Crippen LogP contribution is -2.43. The second-order valence-corrected chi connectivity index (χ2v) is 3.71. The molecule has 1 rings (SSSR count). The molecule has 13 heavy (non-hydrogen) atoms. The van der Waals surface area contributed by atoms with Crippen molar-refractivity contribution in [1.82, 2.24) is 5.32 Å². The Labute approximate surface area is 79.8 Å². The van der Waals surface area contributed by atoms with Gasteiger partial charge in [0.1, 0.15) is 5.78 Å². The Balaban J connectivity index is 2.26. The standard InChI is InChI=1S/C10H19NO2/c1-3-8(2)10(12)6-9-7-13-5-4-11-9/h8-9,11H,3-7H2,1-2H3. The average molecular weight is 185 g/mol. The molecule has 1 N–H and O–H groups in total. The molecule has 1 saturated heterocycles. The smallest absolute Gasteiger partial charge is 0.137 e. The highest BCUT2D eigenvalue weighted by Gasteiger charge is 2.19. The number of ketones is 1. The molecule has 1 aliphatic rings. The fraction of sp³-hybridized carbons (Fsp3) is 0.900. The molecular weight excluding hydrogens is 166 g/mol. The Morgan fingerprint density at radius 1 is 1.69 bits per heavy atom. The van der Waals surface area contributed by atoms with E-state index < -0.39 is 0 Å². The van der Waals surface area contributed by atoms with Crippen LogP contribution in [-0.2, 0) is 9.53 Å². The molecule has 0 radical (unpaired) electrons. The van der Waals surface area contributed by atoms with Crippen molar-refractivity contribution in [2.75, 3.05) is 19.8 Å². The summed E-state index contributed by atoms with van der Waals surface area (Å²) in [5, 5.41) is 3.28. The van der Waals surface area contributed by atoms with E-state index in [2.05, 4.69) is 5.32 Å². The van der Waals surface area contributed by atoms with Gasteiger partial charge in [-0.05, 0) is 6.42 Å². The lowest BCUT2D eigenvalue weighted by Gasteiger charge is -2.24. The summed E-state index contributed by atoms with van der Waals surface area (Å²) in [6.07, 6.45) is 1.56. The van der Waals surface area contributed by atoms with Crippen LogP contribution < -0.4 is 5.32 Å². The van der Waals surface area contributed by atoms with Crippen molar-refractivity contribution in [3.8, 4) is 0 Å². The van der Waals surface area contributed by atoms with E-state index in [1.807, 2.05) is 13.8 Å². The fourth-order valence-electron chi connectivity index (χ4n) is 1.42. The van der Waals surface area contributed by atoms with Crippen LogP contribution in [0.4, 0.5) is 0 Å². The Kier molecular flexibility index (Phi) is 4.39. The van der Waals surface area contributed by atoms with Crippen molar-refractivity contribution in [2.24, 2.45) is 5.92 Å². The van der Waals surface area contributed by atoms with E-state index in [1.54, 1.807) is 0 Å². The third kappa shape index (κ3) is 3.44. The minimum atomic E-state index is 0.198. The number of ether oxygens (including phenoxy) is 1. The molecule has 2 unspecified atom stereocenters. The lowest BCUT2D eigenvalue weighted by atomic mass is 9.98. The van der Waals surface area contributed by atoms with Gasteiger partial charge in [-0.2, -0.15) is 0 Å². The molecule has 3 heteroatoms. The zero-order chi connectivity index (χ0) is 9.68. The molecule has 0 amide bonds. The van der Waals surface area contributed by atoms with Crippen LogP contribution in [-0.4, -0.2) is 31.6 Å². The van der Waals surface area contributed by atoms with E-state index in [0.29, 0.717) is 18.8 Å². The summed E-state index contributed by atoms with van der Waals surface area (Å²) in [5.74, 6) is 0.550. The van der Waals surface area contributed by atoms with E-state index in [4.69, 9.17) is 4.74 Å². The Morgan fingerprint density at radius 3 is 3.00 bits per heavy atom. The molecule has 0 aliphatic carbocycles. The summed E-state index contributed by atoms with van der Waals surface area (Å²) in [6.45, 7) is 6.37. The van der Waals surface area contributed by atoms with Crippen LogP contribution in [0.3, 0.4) is 0 Å². The van der Waals surface area contributed by atoms with Crippen molar-refractivity contribution in [3.05, 3.63) is 0 Å². The molecule has 1 heterocycles. The van der Waals surface area contributed by atoms with Crippen molar-refractivity contribution in [2.45, 2.75) is 32.7 Å². The van der Waals surface area contributed by atoms with Gasteiger partial charge in [0, 0.05) is 24.9 Å². The fourth-order valence-corrected chi connectivity index (χ4v) is 1.42. The first-order valence-electron chi connectivity index (χ1n) is 5.08. The van der Waals surface area contributed by atoms with Gasteiger partial charge < -0.3 is 10.1 Å². The minimum absolute atomic E-state index is 0.198. The maximum atomic E-state index is 11.5. The van der Waals surface area contributed by atoms with E-state index in [-0.39, 0.29) is 12.0 Å². The maximum absolute atomic E-state index is 11.5. The van der Waals surface area contributed by atoms with Gasteiger partial charge in [-0.3, -0.25) is 4.79 Å². The number of Topliss-reactive ketones (excluding diaryl/α,β-unsaturated/α-hetero) is 1. The predicted octanol–water partition coefficient (Wildman–Crippen LogP) is 0.980. The molecule has 0 aromatic carbocycles. The normalized spacial score (nSPS) is 25.5. The largest absolute Gasteiger partial charge is 0.379 e. The zero-order valence-electron chi connectivity index (χ0n) is 8.51. The van der Waals surface area contributed by atoms with Gasteiger partial charge >= 0.3 is 0 Å². The second kappa shape index (κ2) is 5.35. The number of nitrogens with one attached hydrogen (secondary N) is 1. The summed E-state index contributed by atoms with van der Waals surface area (Å²) in [6, 6.07) is 0.246. The maximum Gasteiger partial charge on any atom is 0.137 e. The molecule has 1 fully saturated rings. The topological polar surface area (TPSA) is 38.3 Å². The van der Waals surface area contributed by atoms with Crippen molar-refractivity contribution in [1.29, 1.82) is 0 Å². The second-order valence-electron chi connectivity index (χ2n) is 3.71.